The predicted molar refractivity (Wildman–Crippen MR) is 110 cm³/mol. The lowest BCUT2D eigenvalue weighted by molar-refractivity contribution is 0.442. The van der Waals surface area contributed by atoms with E-state index in [9.17, 15) is 5.11 Å². The van der Waals surface area contributed by atoms with Crippen molar-refractivity contribution in [3.8, 4) is 5.75 Å². The molecular weight excluding hydrogens is 348 g/mol. The Bertz CT molecular complexity index is 1120. The minimum absolute atomic E-state index is 0.00750. The normalized spacial score (nSPS) is 22.0. The average molecular weight is 370 g/mol. The Balaban J connectivity index is 1.68. The monoisotopic (exact) mass is 370 g/mol. The highest BCUT2D eigenvalue weighted by Gasteiger charge is 2.42. The summed E-state index contributed by atoms with van der Waals surface area (Å²) in [6, 6.07) is 26.0. The predicted octanol–water partition coefficient (Wildman–Crippen LogP) is 3.95. The highest BCUT2D eigenvalue weighted by Crippen LogP contribution is 2.46. The quantitative estimate of drug-likeness (QED) is 0.511. The third-order valence-corrected chi connectivity index (χ3v) is 5.66. The molecule has 2 heterocycles. The lowest BCUT2D eigenvalue weighted by Gasteiger charge is -2.24. The number of hydrazine groups is 1. The fourth-order valence-corrected chi connectivity index (χ4v) is 4.28. The summed E-state index contributed by atoms with van der Waals surface area (Å²) in [7, 11) is 2.06. The van der Waals surface area contributed by atoms with Crippen molar-refractivity contribution in [3.05, 3.63) is 95.8 Å². The van der Waals surface area contributed by atoms with Crippen LogP contribution in [0.25, 0.3) is 11.0 Å². The van der Waals surface area contributed by atoms with Crippen molar-refractivity contribution >= 4 is 11.0 Å². The number of nitrogens with one attached hydrogen (secondary N) is 2. The van der Waals surface area contributed by atoms with E-state index in [0.29, 0.717) is 5.75 Å². The maximum Gasteiger partial charge on any atom is 0.120 e. The first-order valence-electron chi connectivity index (χ1n) is 9.49. The number of hydrogen-bond acceptors (Lipinski definition) is 4. The Morgan fingerprint density at radius 1 is 0.821 bits per heavy atom. The van der Waals surface area contributed by atoms with Crippen LogP contribution in [0.1, 0.15) is 35.0 Å². The van der Waals surface area contributed by atoms with Gasteiger partial charge in [-0.2, -0.15) is 0 Å². The second-order valence-electron chi connectivity index (χ2n) is 7.26. The van der Waals surface area contributed by atoms with Crippen LogP contribution < -0.4 is 10.9 Å². The summed E-state index contributed by atoms with van der Waals surface area (Å²) >= 11 is 0. The SMILES string of the molecule is Cn1c(C2C(c3ccccc3)NNC2c2ccccc2O)nc2ccccc21. The minimum Gasteiger partial charge on any atom is -0.508 e. The number of para-hydroxylation sites is 3. The van der Waals surface area contributed by atoms with E-state index < -0.39 is 0 Å². The number of imidazole rings is 1. The zero-order chi connectivity index (χ0) is 19.1. The number of hydrogen-bond donors (Lipinski definition) is 3. The summed E-state index contributed by atoms with van der Waals surface area (Å²) in [5, 5.41) is 10.5. The first kappa shape index (κ1) is 17.0. The van der Waals surface area contributed by atoms with E-state index in [2.05, 4.69) is 52.8 Å². The number of aryl methyl sites for hydroxylation is 1. The molecule has 140 valence electrons. The summed E-state index contributed by atoms with van der Waals surface area (Å²) in [6.07, 6.45) is 0. The minimum atomic E-state index is -0.109. The van der Waals surface area contributed by atoms with Crippen LogP contribution >= 0.6 is 0 Å². The molecule has 1 aliphatic heterocycles. The molecule has 1 saturated heterocycles. The number of fused-ring (bicyclic) bond motifs is 1. The topological polar surface area (TPSA) is 62.1 Å². The van der Waals surface area contributed by atoms with Crippen LogP contribution in [0.15, 0.2) is 78.9 Å². The van der Waals surface area contributed by atoms with Crippen LogP contribution in [0.2, 0.25) is 0 Å². The number of benzene rings is 3. The number of phenolic OH excluding ortho intramolecular Hbond substituents is 1. The molecule has 1 aliphatic rings. The summed E-state index contributed by atoms with van der Waals surface area (Å²) in [4.78, 5) is 4.98. The molecule has 3 N–H and O–H groups in total. The molecule has 5 heteroatoms. The van der Waals surface area contributed by atoms with E-state index in [-0.39, 0.29) is 18.0 Å². The summed E-state index contributed by atoms with van der Waals surface area (Å²) < 4.78 is 2.16. The molecule has 0 spiro atoms. The van der Waals surface area contributed by atoms with Gasteiger partial charge in [0, 0.05) is 12.6 Å². The Morgan fingerprint density at radius 2 is 1.50 bits per heavy atom. The molecule has 0 bridgehead atoms. The van der Waals surface area contributed by atoms with E-state index in [1.54, 1.807) is 6.07 Å². The molecule has 4 aromatic rings. The van der Waals surface area contributed by atoms with Crippen molar-refractivity contribution in [2.24, 2.45) is 7.05 Å². The summed E-state index contributed by atoms with van der Waals surface area (Å²) in [5.41, 5.74) is 11.0. The largest absolute Gasteiger partial charge is 0.508 e. The van der Waals surface area contributed by atoms with Gasteiger partial charge in [-0.05, 0) is 23.8 Å². The molecular formula is C23H22N4O. The molecule has 0 radical (unpaired) electrons. The van der Waals surface area contributed by atoms with Crippen molar-refractivity contribution in [2.75, 3.05) is 0 Å². The molecule has 0 amide bonds. The van der Waals surface area contributed by atoms with Gasteiger partial charge < -0.3 is 9.67 Å². The fourth-order valence-electron chi connectivity index (χ4n) is 4.28. The van der Waals surface area contributed by atoms with Crippen molar-refractivity contribution in [2.45, 2.75) is 18.0 Å². The Kier molecular flexibility index (Phi) is 4.11. The van der Waals surface area contributed by atoms with Gasteiger partial charge in [-0.15, -0.1) is 0 Å². The van der Waals surface area contributed by atoms with E-state index in [1.165, 1.54) is 5.56 Å². The second-order valence-corrected chi connectivity index (χ2v) is 7.26. The van der Waals surface area contributed by atoms with Crippen molar-refractivity contribution in [1.29, 1.82) is 0 Å². The van der Waals surface area contributed by atoms with Crippen LogP contribution in [-0.4, -0.2) is 14.7 Å². The zero-order valence-corrected chi connectivity index (χ0v) is 15.6. The molecule has 0 aliphatic carbocycles. The van der Waals surface area contributed by atoms with Crippen LogP contribution in [0.3, 0.4) is 0 Å². The molecule has 3 atom stereocenters. The lowest BCUT2D eigenvalue weighted by atomic mass is 9.85. The van der Waals surface area contributed by atoms with Gasteiger partial charge in [0.2, 0.25) is 0 Å². The van der Waals surface area contributed by atoms with Gasteiger partial charge in [-0.25, -0.2) is 15.8 Å². The van der Waals surface area contributed by atoms with E-state index in [4.69, 9.17) is 4.98 Å². The van der Waals surface area contributed by atoms with Gasteiger partial charge in [0.15, 0.2) is 0 Å². The van der Waals surface area contributed by atoms with Gasteiger partial charge in [0.1, 0.15) is 11.6 Å². The van der Waals surface area contributed by atoms with Gasteiger partial charge >= 0.3 is 0 Å². The zero-order valence-electron chi connectivity index (χ0n) is 15.6. The van der Waals surface area contributed by atoms with Crippen LogP contribution in [0.5, 0.6) is 5.75 Å². The van der Waals surface area contributed by atoms with Crippen molar-refractivity contribution in [3.63, 3.8) is 0 Å². The molecule has 0 saturated carbocycles. The van der Waals surface area contributed by atoms with Gasteiger partial charge in [-0.3, -0.25) is 0 Å². The lowest BCUT2D eigenvalue weighted by Crippen LogP contribution is -2.26. The van der Waals surface area contributed by atoms with E-state index >= 15 is 0 Å². The van der Waals surface area contributed by atoms with Gasteiger partial charge in [0.05, 0.1) is 29.0 Å². The molecule has 1 aromatic heterocycles. The standard InChI is InChI=1S/C23H22N4O/c1-27-18-13-7-6-12-17(18)24-23(27)20-21(15-9-3-2-4-10-15)25-26-22(20)16-11-5-8-14-19(16)28/h2-14,20-22,25-26,28H,1H3. The number of rotatable bonds is 3. The van der Waals surface area contributed by atoms with Crippen LogP contribution in [0, 0.1) is 0 Å². The van der Waals surface area contributed by atoms with E-state index in [0.717, 1.165) is 22.4 Å². The highest BCUT2D eigenvalue weighted by atomic mass is 16.3. The van der Waals surface area contributed by atoms with Gasteiger partial charge in [-0.1, -0.05) is 60.7 Å². The second kappa shape index (κ2) is 6.78. The number of nitrogens with zero attached hydrogens (tertiary/aromatic N) is 2. The molecule has 5 rings (SSSR count). The van der Waals surface area contributed by atoms with E-state index in [1.807, 2.05) is 42.5 Å². The van der Waals surface area contributed by atoms with Crippen molar-refractivity contribution in [1.82, 2.24) is 20.4 Å². The molecule has 1 fully saturated rings. The number of phenols is 1. The smallest absolute Gasteiger partial charge is 0.120 e. The summed E-state index contributed by atoms with van der Waals surface area (Å²) in [6.45, 7) is 0. The molecule has 5 nitrogen and oxygen atoms in total. The number of aromatic nitrogens is 2. The maximum atomic E-state index is 10.5. The highest BCUT2D eigenvalue weighted by molar-refractivity contribution is 5.76. The van der Waals surface area contributed by atoms with Crippen molar-refractivity contribution < 1.29 is 5.11 Å². The third-order valence-electron chi connectivity index (χ3n) is 5.66. The molecule has 3 aromatic carbocycles. The Hall–Kier alpha value is -3.15. The van der Waals surface area contributed by atoms with Crippen LogP contribution in [0.4, 0.5) is 0 Å². The first-order chi connectivity index (χ1) is 13.7. The Labute approximate surface area is 163 Å². The fraction of sp³-hybridized carbons (Fsp3) is 0.174. The number of aromatic hydroxyl groups is 1. The molecule has 28 heavy (non-hydrogen) atoms. The van der Waals surface area contributed by atoms with Gasteiger partial charge in [0.25, 0.3) is 0 Å². The third kappa shape index (κ3) is 2.68. The Morgan fingerprint density at radius 3 is 2.29 bits per heavy atom. The summed E-state index contributed by atoms with van der Waals surface area (Å²) in [5.74, 6) is 1.29. The first-order valence-corrected chi connectivity index (χ1v) is 9.49. The van der Waals surface area contributed by atoms with Crippen LogP contribution in [-0.2, 0) is 7.05 Å². The average Bonchev–Trinajstić information content (AvgIpc) is 3.30. The molecule has 3 unspecified atom stereocenters. The maximum absolute atomic E-state index is 10.5.